The van der Waals surface area contributed by atoms with Crippen LogP contribution >= 0.6 is 11.3 Å². The molecule has 88 valence electrons. The standard InChI is InChI=1S/C12H13N3OS/c16-12(15-7-3-4-8-15)14-11-13-9-5-1-2-6-10(9)17-11/h1-2,5-6H,3-4,7-8H2,(H,13,14,16). The average Bonchev–Trinajstić information content (AvgIpc) is 2.97. The minimum absolute atomic E-state index is 0.0263. The summed E-state index contributed by atoms with van der Waals surface area (Å²) in [4.78, 5) is 18.1. The molecule has 0 bridgehead atoms. The zero-order valence-electron chi connectivity index (χ0n) is 9.35. The van der Waals surface area contributed by atoms with Crippen LogP contribution in [0.1, 0.15) is 12.8 Å². The smallest absolute Gasteiger partial charge is 0.323 e. The molecule has 0 saturated carbocycles. The van der Waals surface area contributed by atoms with E-state index in [2.05, 4.69) is 10.3 Å². The van der Waals surface area contributed by atoms with Gasteiger partial charge in [0.05, 0.1) is 10.2 Å². The van der Waals surface area contributed by atoms with Gasteiger partial charge in [0.2, 0.25) is 0 Å². The number of para-hydroxylation sites is 1. The highest BCUT2D eigenvalue weighted by molar-refractivity contribution is 7.22. The second-order valence-corrected chi connectivity index (χ2v) is 5.14. The fraction of sp³-hybridized carbons (Fsp3) is 0.333. The lowest BCUT2D eigenvalue weighted by molar-refractivity contribution is 0.222. The van der Waals surface area contributed by atoms with Crippen LogP contribution in [0.15, 0.2) is 24.3 Å². The van der Waals surface area contributed by atoms with Gasteiger partial charge in [0, 0.05) is 13.1 Å². The van der Waals surface area contributed by atoms with Crippen LogP contribution < -0.4 is 5.32 Å². The molecule has 5 heteroatoms. The molecule has 2 amide bonds. The Morgan fingerprint density at radius 2 is 2.06 bits per heavy atom. The predicted molar refractivity (Wildman–Crippen MR) is 69.4 cm³/mol. The number of urea groups is 1. The molecule has 17 heavy (non-hydrogen) atoms. The lowest BCUT2D eigenvalue weighted by Gasteiger charge is -2.14. The summed E-state index contributed by atoms with van der Waals surface area (Å²) in [5.41, 5.74) is 0.939. The van der Waals surface area contributed by atoms with E-state index in [0.717, 1.165) is 36.1 Å². The van der Waals surface area contributed by atoms with E-state index in [9.17, 15) is 4.79 Å². The number of nitrogens with zero attached hydrogens (tertiary/aromatic N) is 2. The number of amides is 2. The van der Waals surface area contributed by atoms with Gasteiger partial charge in [0.1, 0.15) is 0 Å². The van der Waals surface area contributed by atoms with Crippen molar-refractivity contribution >= 4 is 32.7 Å². The van der Waals surface area contributed by atoms with E-state index < -0.39 is 0 Å². The normalized spacial score (nSPS) is 15.4. The van der Waals surface area contributed by atoms with Gasteiger partial charge in [0.25, 0.3) is 0 Å². The number of thiazole rings is 1. The molecule has 1 saturated heterocycles. The molecule has 1 aromatic heterocycles. The van der Waals surface area contributed by atoms with Gasteiger partial charge in [-0.1, -0.05) is 23.5 Å². The van der Waals surface area contributed by atoms with Gasteiger partial charge in [0.15, 0.2) is 5.13 Å². The van der Waals surface area contributed by atoms with Crippen LogP contribution in [0, 0.1) is 0 Å². The van der Waals surface area contributed by atoms with Crippen LogP contribution in [0.4, 0.5) is 9.93 Å². The summed E-state index contributed by atoms with van der Waals surface area (Å²) in [7, 11) is 0. The minimum atomic E-state index is -0.0263. The monoisotopic (exact) mass is 247 g/mol. The van der Waals surface area contributed by atoms with Gasteiger partial charge in [-0.3, -0.25) is 5.32 Å². The number of benzene rings is 1. The summed E-state index contributed by atoms with van der Waals surface area (Å²) in [6.07, 6.45) is 2.21. The van der Waals surface area contributed by atoms with Crippen LogP contribution in [0.3, 0.4) is 0 Å². The summed E-state index contributed by atoms with van der Waals surface area (Å²) in [5, 5.41) is 3.55. The molecule has 3 rings (SSSR count). The van der Waals surface area contributed by atoms with Crippen molar-refractivity contribution < 1.29 is 4.79 Å². The van der Waals surface area contributed by atoms with Crippen molar-refractivity contribution in [2.45, 2.75) is 12.8 Å². The first kappa shape index (κ1) is 10.5. The van der Waals surface area contributed by atoms with Gasteiger partial charge in [-0.05, 0) is 25.0 Å². The van der Waals surface area contributed by atoms with E-state index in [0.29, 0.717) is 5.13 Å². The molecule has 2 heterocycles. The maximum absolute atomic E-state index is 11.9. The number of aromatic nitrogens is 1. The Balaban J connectivity index is 1.77. The van der Waals surface area contributed by atoms with Crippen molar-refractivity contribution in [1.82, 2.24) is 9.88 Å². The first-order chi connectivity index (χ1) is 8.33. The zero-order valence-corrected chi connectivity index (χ0v) is 10.2. The quantitative estimate of drug-likeness (QED) is 0.842. The Morgan fingerprint density at radius 1 is 1.29 bits per heavy atom. The number of carbonyl (C=O) groups excluding carboxylic acids is 1. The van der Waals surface area contributed by atoms with Crippen LogP contribution in [0.2, 0.25) is 0 Å². The number of nitrogens with one attached hydrogen (secondary N) is 1. The third-order valence-corrected chi connectivity index (χ3v) is 3.85. The van der Waals surface area contributed by atoms with Crippen molar-refractivity contribution in [3.63, 3.8) is 0 Å². The molecule has 0 unspecified atom stereocenters. The third-order valence-electron chi connectivity index (χ3n) is 2.90. The highest BCUT2D eigenvalue weighted by atomic mass is 32.1. The van der Waals surface area contributed by atoms with Gasteiger partial charge in [-0.2, -0.15) is 0 Å². The van der Waals surface area contributed by atoms with Gasteiger partial charge in [-0.15, -0.1) is 0 Å². The van der Waals surface area contributed by atoms with E-state index in [1.165, 1.54) is 11.3 Å². The lowest BCUT2D eigenvalue weighted by Crippen LogP contribution is -2.32. The van der Waals surface area contributed by atoms with Crippen LogP contribution in [-0.2, 0) is 0 Å². The Morgan fingerprint density at radius 3 is 2.82 bits per heavy atom. The van der Waals surface area contributed by atoms with Crippen molar-refractivity contribution in [2.75, 3.05) is 18.4 Å². The topological polar surface area (TPSA) is 45.2 Å². The van der Waals surface area contributed by atoms with E-state index in [1.54, 1.807) is 0 Å². The molecule has 0 radical (unpaired) electrons. The molecule has 0 aliphatic carbocycles. The third kappa shape index (κ3) is 2.10. The van der Waals surface area contributed by atoms with Crippen molar-refractivity contribution in [1.29, 1.82) is 0 Å². The zero-order chi connectivity index (χ0) is 11.7. The van der Waals surface area contributed by atoms with Crippen LogP contribution in [0.25, 0.3) is 10.2 Å². The maximum Gasteiger partial charge on any atom is 0.323 e. The van der Waals surface area contributed by atoms with Gasteiger partial charge < -0.3 is 4.90 Å². The SMILES string of the molecule is O=C(Nc1nc2ccccc2s1)N1CCCC1. The Bertz CT molecular complexity index is 512. The number of rotatable bonds is 1. The van der Waals surface area contributed by atoms with Gasteiger partial charge >= 0.3 is 6.03 Å². The van der Waals surface area contributed by atoms with Crippen LogP contribution in [0.5, 0.6) is 0 Å². The summed E-state index contributed by atoms with van der Waals surface area (Å²) in [6.45, 7) is 1.72. The highest BCUT2D eigenvalue weighted by Gasteiger charge is 2.18. The number of carbonyl (C=O) groups is 1. The summed E-state index contributed by atoms with van der Waals surface area (Å²) >= 11 is 1.51. The predicted octanol–water partition coefficient (Wildman–Crippen LogP) is 2.92. The minimum Gasteiger partial charge on any atom is -0.324 e. The number of fused-ring (bicyclic) bond motifs is 1. The van der Waals surface area contributed by atoms with Crippen molar-refractivity contribution in [3.8, 4) is 0 Å². The van der Waals surface area contributed by atoms with E-state index in [-0.39, 0.29) is 6.03 Å². The summed E-state index contributed by atoms with van der Waals surface area (Å²) in [6, 6.07) is 7.87. The molecule has 1 aromatic carbocycles. The molecular formula is C12H13N3OS. The van der Waals surface area contributed by atoms with Crippen molar-refractivity contribution in [3.05, 3.63) is 24.3 Å². The molecule has 0 atom stereocenters. The largest absolute Gasteiger partial charge is 0.324 e. The van der Waals surface area contributed by atoms with Gasteiger partial charge in [-0.25, -0.2) is 9.78 Å². The van der Waals surface area contributed by atoms with Crippen molar-refractivity contribution in [2.24, 2.45) is 0 Å². The Labute approximate surface area is 103 Å². The molecule has 2 aromatic rings. The first-order valence-corrected chi connectivity index (χ1v) is 6.56. The fourth-order valence-electron chi connectivity index (χ4n) is 2.02. The molecule has 4 nitrogen and oxygen atoms in total. The van der Waals surface area contributed by atoms with Crippen LogP contribution in [-0.4, -0.2) is 29.0 Å². The maximum atomic E-state index is 11.9. The van der Waals surface area contributed by atoms with E-state index >= 15 is 0 Å². The first-order valence-electron chi connectivity index (χ1n) is 5.74. The second kappa shape index (κ2) is 4.33. The number of anilines is 1. The average molecular weight is 247 g/mol. The summed E-state index contributed by atoms with van der Waals surface area (Å²) in [5.74, 6) is 0. The molecule has 1 aliphatic heterocycles. The molecule has 0 spiro atoms. The molecule has 1 aliphatic rings. The number of likely N-dealkylation sites (tertiary alicyclic amines) is 1. The Kier molecular flexibility index (Phi) is 2.68. The fourth-order valence-corrected chi connectivity index (χ4v) is 2.87. The number of hydrogen-bond acceptors (Lipinski definition) is 3. The molecular weight excluding hydrogens is 234 g/mol. The van der Waals surface area contributed by atoms with E-state index in [4.69, 9.17) is 0 Å². The second-order valence-electron chi connectivity index (χ2n) is 4.11. The lowest BCUT2D eigenvalue weighted by atomic mass is 10.3. The summed E-state index contributed by atoms with van der Waals surface area (Å²) < 4.78 is 1.10. The molecule has 1 N–H and O–H groups in total. The Hall–Kier alpha value is -1.62. The van der Waals surface area contributed by atoms with E-state index in [1.807, 2.05) is 29.2 Å². The highest BCUT2D eigenvalue weighted by Crippen LogP contribution is 2.25. The number of hydrogen-bond donors (Lipinski definition) is 1. The molecule has 1 fully saturated rings.